The maximum atomic E-state index is 10.3. The standard InChI is InChI=1S/C17H21ClN2O/c1-2-20(13-16-8-3-4-10-19-16)11-9-17(21)14-6-5-7-15(18)12-14/h3-8,10,12,17,21H,2,9,11,13H2,1H3. The number of benzene rings is 1. The molecule has 2 rings (SSSR count). The van der Waals surface area contributed by atoms with E-state index in [1.807, 2.05) is 48.7 Å². The highest BCUT2D eigenvalue weighted by molar-refractivity contribution is 6.30. The van der Waals surface area contributed by atoms with Gasteiger partial charge in [0.15, 0.2) is 0 Å². The number of pyridine rings is 1. The Morgan fingerprint density at radius 1 is 1.24 bits per heavy atom. The lowest BCUT2D eigenvalue weighted by molar-refractivity contribution is 0.141. The van der Waals surface area contributed by atoms with Crippen molar-refractivity contribution >= 4 is 11.6 Å². The molecule has 0 amide bonds. The van der Waals surface area contributed by atoms with Gasteiger partial charge in [0.05, 0.1) is 11.8 Å². The van der Waals surface area contributed by atoms with Crippen LogP contribution >= 0.6 is 11.6 Å². The Kier molecular flexibility index (Phi) is 6.18. The maximum Gasteiger partial charge on any atom is 0.0802 e. The summed E-state index contributed by atoms with van der Waals surface area (Å²) >= 11 is 5.96. The minimum Gasteiger partial charge on any atom is -0.388 e. The van der Waals surface area contributed by atoms with Crippen molar-refractivity contribution in [2.75, 3.05) is 13.1 Å². The van der Waals surface area contributed by atoms with Gasteiger partial charge in [-0.25, -0.2) is 0 Å². The second-order valence-electron chi connectivity index (χ2n) is 5.05. The number of aliphatic hydroxyl groups excluding tert-OH is 1. The molecule has 0 bridgehead atoms. The first-order chi connectivity index (χ1) is 10.2. The molecule has 0 saturated carbocycles. The summed E-state index contributed by atoms with van der Waals surface area (Å²) in [5.41, 5.74) is 1.92. The molecule has 1 heterocycles. The van der Waals surface area contributed by atoms with Crippen LogP contribution in [0.3, 0.4) is 0 Å². The van der Waals surface area contributed by atoms with Crippen LogP contribution in [0.1, 0.15) is 30.7 Å². The number of aromatic nitrogens is 1. The average molecular weight is 305 g/mol. The molecule has 1 atom stereocenters. The summed E-state index contributed by atoms with van der Waals surface area (Å²) in [5, 5.41) is 10.9. The van der Waals surface area contributed by atoms with Gasteiger partial charge in [0, 0.05) is 24.3 Å². The molecule has 112 valence electrons. The number of hydrogen-bond donors (Lipinski definition) is 1. The first-order valence-electron chi connectivity index (χ1n) is 7.25. The third-order valence-corrected chi connectivity index (χ3v) is 3.75. The normalized spacial score (nSPS) is 12.6. The summed E-state index contributed by atoms with van der Waals surface area (Å²) in [7, 11) is 0. The maximum absolute atomic E-state index is 10.3. The van der Waals surface area contributed by atoms with Crippen LogP contribution in [0.15, 0.2) is 48.7 Å². The van der Waals surface area contributed by atoms with Crippen LogP contribution in [0, 0.1) is 0 Å². The van der Waals surface area contributed by atoms with Gasteiger partial charge in [-0.1, -0.05) is 36.7 Å². The van der Waals surface area contributed by atoms with Crippen LogP contribution in [0.2, 0.25) is 5.02 Å². The van der Waals surface area contributed by atoms with Gasteiger partial charge in [-0.15, -0.1) is 0 Å². The summed E-state index contributed by atoms with van der Waals surface area (Å²) in [6.45, 7) is 4.67. The van der Waals surface area contributed by atoms with E-state index in [-0.39, 0.29) is 0 Å². The van der Waals surface area contributed by atoms with Crippen molar-refractivity contribution in [3.05, 3.63) is 64.9 Å². The van der Waals surface area contributed by atoms with Gasteiger partial charge in [-0.05, 0) is 42.8 Å². The highest BCUT2D eigenvalue weighted by atomic mass is 35.5. The smallest absolute Gasteiger partial charge is 0.0802 e. The van der Waals surface area contributed by atoms with Crippen molar-refractivity contribution in [2.24, 2.45) is 0 Å². The Balaban J connectivity index is 1.88. The van der Waals surface area contributed by atoms with Crippen molar-refractivity contribution < 1.29 is 5.11 Å². The van der Waals surface area contributed by atoms with Gasteiger partial charge < -0.3 is 5.11 Å². The fourth-order valence-corrected chi connectivity index (χ4v) is 2.45. The largest absolute Gasteiger partial charge is 0.388 e. The van der Waals surface area contributed by atoms with Crippen molar-refractivity contribution in [2.45, 2.75) is 26.0 Å². The van der Waals surface area contributed by atoms with Crippen LogP contribution in [0.4, 0.5) is 0 Å². The van der Waals surface area contributed by atoms with Crippen LogP contribution in [-0.4, -0.2) is 28.1 Å². The molecule has 21 heavy (non-hydrogen) atoms. The highest BCUT2D eigenvalue weighted by Gasteiger charge is 2.11. The van der Waals surface area contributed by atoms with Crippen molar-refractivity contribution in [1.29, 1.82) is 0 Å². The van der Waals surface area contributed by atoms with E-state index in [0.29, 0.717) is 11.4 Å². The number of hydrogen-bond acceptors (Lipinski definition) is 3. The van der Waals surface area contributed by atoms with E-state index < -0.39 is 6.10 Å². The van der Waals surface area contributed by atoms with Gasteiger partial charge in [-0.2, -0.15) is 0 Å². The lowest BCUT2D eigenvalue weighted by Crippen LogP contribution is -2.25. The van der Waals surface area contributed by atoms with Crippen LogP contribution in [-0.2, 0) is 6.54 Å². The average Bonchev–Trinajstić information content (AvgIpc) is 2.52. The van der Waals surface area contributed by atoms with Gasteiger partial charge in [0.1, 0.15) is 0 Å². The zero-order chi connectivity index (χ0) is 15.1. The van der Waals surface area contributed by atoms with E-state index in [4.69, 9.17) is 11.6 Å². The Bertz CT molecular complexity index is 547. The predicted octanol–water partition coefficient (Wildman–Crippen LogP) is 3.68. The molecule has 0 saturated heterocycles. The van der Waals surface area contributed by atoms with Gasteiger partial charge in [0.2, 0.25) is 0 Å². The molecular formula is C17H21ClN2O. The molecule has 0 spiro atoms. The second kappa shape index (κ2) is 8.13. The first kappa shape index (κ1) is 16.0. The Hall–Kier alpha value is -1.42. The summed E-state index contributed by atoms with van der Waals surface area (Å²) in [4.78, 5) is 6.62. The fourth-order valence-electron chi connectivity index (χ4n) is 2.26. The molecule has 0 aliphatic rings. The topological polar surface area (TPSA) is 36.4 Å². The molecule has 0 fully saturated rings. The molecule has 3 nitrogen and oxygen atoms in total. The fraction of sp³-hybridized carbons (Fsp3) is 0.353. The molecular weight excluding hydrogens is 284 g/mol. The highest BCUT2D eigenvalue weighted by Crippen LogP contribution is 2.20. The van der Waals surface area contributed by atoms with E-state index >= 15 is 0 Å². The Morgan fingerprint density at radius 3 is 2.76 bits per heavy atom. The summed E-state index contributed by atoms with van der Waals surface area (Å²) < 4.78 is 0. The van der Waals surface area contributed by atoms with E-state index in [0.717, 1.165) is 30.9 Å². The molecule has 0 radical (unpaired) electrons. The Labute approximate surface area is 131 Å². The van der Waals surface area contributed by atoms with Crippen molar-refractivity contribution in [1.82, 2.24) is 9.88 Å². The van der Waals surface area contributed by atoms with Crippen LogP contribution in [0.25, 0.3) is 0 Å². The molecule has 1 aromatic heterocycles. The van der Waals surface area contributed by atoms with Gasteiger partial charge in [0.25, 0.3) is 0 Å². The quantitative estimate of drug-likeness (QED) is 0.847. The number of nitrogens with zero attached hydrogens (tertiary/aromatic N) is 2. The molecule has 2 aromatic rings. The third kappa shape index (κ3) is 5.12. The van der Waals surface area contributed by atoms with E-state index in [1.165, 1.54) is 0 Å². The third-order valence-electron chi connectivity index (χ3n) is 3.51. The molecule has 1 aromatic carbocycles. The monoisotopic (exact) mass is 304 g/mol. The van der Waals surface area contributed by atoms with Crippen molar-refractivity contribution in [3.8, 4) is 0 Å². The SMILES string of the molecule is CCN(CCC(O)c1cccc(Cl)c1)Cc1ccccn1. The first-order valence-corrected chi connectivity index (χ1v) is 7.62. The summed E-state index contributed by atoms with van der Waals surface area (Å²) in [6, 6.07) is 13.4. The molecule has 1 unspecified atom stereocenters. The zero-order valence-electron chi connectivity index (χ0n) is 12.2. The lowest BCUT2D eigenvalue weighted by atomic mass is 10.1. The van der Waals surface area contributed by atoms with E-state index in [9.17, 15) is 5.11 Å². The molecule has 0 aliphatic heterocycles. The number of aliphatic hydroxyl groups is 1. The van der Waals surface area contributed by atoms with E-state index in [1.54, 1.807) is 0 Å². The van der Waals surface area contributed by atoms with Gasteiger partial charge in [-0.3, -0.25) is 9.88 Å². The minimum atomic E-state index is -0.485. The van der Waals surface area contributed by atoms with Crippen LogP contribution in [0.5, 0.6) is 0 Å². The minimum absolute atomic E-state index is 0.485. The van der Waals surface area contributed by atoms with Gasteiger partial charge >= 0.3 is 0 Å². The number of rotatable bonds is 7. The van der Waals surface area contributed by atoms with Crippen LogP contribution < -0.4 is 0 Å². The number of halogens is 1. The predicted molar refractivity (Wildman–Crippen MR) is 86.2 cm³/mol. The second-order valence-corrected chi connectivity index (χ2v) is 5.49. The van der Waals surface area contributed by atoms with Crippen molar-refractivity contribution in [3.63, 3.8) is 0 Å². The van der Waals surface area contributed by atoms with E-state index in [2.05, 4.69) is 16.8 Å². The zero-order valence-corrected chi connectivity index (χ0v) is 13.0. The molecule has 1 N–H and O–H groups in total. The summed E-state index contributed by atoms with van der Waals surface area (Å²) in [5.74, 6) is 0. The Morgan fingerprint density at radius 2 is 2.10 bits per heavy atom. The molecule has 0 aliphatic carbocycles. The lowest BCUT2D eigenvalue weighted by Gasteiger charge is -2.21. The molecule has 4 heteroatoms. The summed E-state index contributed by atoms with van der Waals surface area (Å²) in [6.07, 6.45) is 2.01.